The third-order valence-electron chi connectivity index (χ3n) is 3.17. The summed E-state index contributed by atoms with van der Waals surface area (Å²) in [7, 11) is 1.80. The molecule has 3 nitrogen and oxygen atoms in total. The topological polar surface area (TPSA) is 38.1 Å². The first kappa shape index (κ1) is 19.8. The minimum atomic E-state index is 0.415. The molecule has 0 aliphatic carbocycles. The van der Waals surface area contributed by atoms with Crippen molar-refractivity contribution in [3.8, 4) is 0 Å². The molecule has 0 amide bonds. The number of rotatable bonds is 4. The Balaban J connectivity index is 0.000000885. The van der Waals surface area contributed by atoms with Crippen LogP contribution in [0.5, 0.6) is 0 Å². The Morgan fingerprint density at radius 2 is 1.67 bits per heavy atom. The number of aliphatic imine (C=N–C) groups is 1. The molecule has 0 radical (unpaired) electrons. The largest absolute Gasteiger partial charge is 0.291 e. The zero-order chi connectivity index (χ0) is 16.6. The monoisotopic (exact) mass is 291 g/mol. The highest BCUT2D eigenvalue weighted by atomic mass is 14.9. The molecule has 0 saturated carbocycles. The molecule has 1 aromatic heterocycles. The third-order valence-corrected chi connectivity index (χ3v) is 3.17. The van der Waals surface area contributed by atoms with E-state index in [9.17, 15) is 0 Å². The summed E-state index contributed by atoms with van der Waals surface area (Å²) in [6.45, 7) is 17.2. The van der Waals surface area contributed by atoms with Gasteiger partial charge in [-0.3, -0.25) is 15.0 Å². The van der Waals surface area contributed by atoms with Gasteiger partial charge in [-0.15, -0.1) is 0 Å². The lowest BCUT2D eigenvalue weighted by Crippen LogP contribution is -2.12. The minimum Gasteiger partial charge on any atom is -0.291 e. The molecule has 0 aromatic carbocycles. The van der Waals surface area contributed by atoms with Crippen molar-refractivity contribution >= 4 is 5.71 Å². The van der Waals surface area contributed by atoms with Crippen molar-refractivity contribution < 1.29 is 0 Å². The Hall–Kier alpha value is -1.25. The van der Waals surface area contributed by atoms with Gasteiger partial charge < -0.3 is 0 Å². The quantitative estimate of drug-likeness (QED) is 0.714. The van der Waals surface area contributed by atoms with Gasteiger partial charge in [0.05, 0.1) is 17.1 Å². The van der Waals surface area contributed by atoms with Gasteiger partial charge in [0.25, 0.3) is 0 Å². The zero-order valence-corrected chi connectivity index (χ0v) is 15.4. The van der Waals surface area contributed by atoms with Crippen LogP contribution >= 0.6 is 0 Å². The molecule has 0 aliphatic rings. The molecule has 3 heteroatoms. The second-order valence-corrected chi connectivity index (χ2v) is 6.53. The van der Waals surface area contributed by atoms with Gasteiger partial charge in [-0.05, 0) is 25.2 Å². The van der Waals surface area contributed by atoms with E-state index in [4.69, 9.17) is 4.98 Å². The molecule has 0 saturated heterocycles. The van der Waals surface area contributed by atoms with Crippen LogP contribution in [0.1, 0.15) is 90.7 Å². The fourth-order valence-corrected chi connectivity index (χ4v) is 1.62. The van der Waals surface area contributed by atoms with Crippen LogP contribution in [0.3, 0.4) is 0 Å². The van der Waals surface area contributed by atoms with Crippen LogP contribution in [0.25, 0.3) is 0 Å². The molecule has 0 spiro atoms. The first-order chi connectivity index (χ1) is 9.74. The van der Waals surface area contributed by atoms with Crippen LogP contribution in [0.2, 0.25) is 0 Å². The fraction of sp³-hybridized carbons (Fsp3) is 0.722. The van der Waals surface area contributed by atoms with Gasteiger partial charge in [0.1, 0.15) is 5.69 Å². The number of nitrogens with zero attached hydrogens (tertiary/aromatic N) is 3. The molecule has 120 valence electrons. The first-order valence-corrected chi connectivity index (χ1v) is 8.05. The highest BCUT2D eigenvalue weighted by molar-refractivity contribution is 5.97. The van der Waals surface area contributed by atoms with Gasteiger partial charge >= 0.3 is 0 Å². The van der Waals surface area contributed by atoms with E-state index in [1.807, 2.05) is 13.1 Å². The van der Waals surface area contributed by atoms with Crippen LogP contribution in [0.4, 0.5) is 0 Å². The molecule has 1 unspecified atom stereocenters. The highest BCUT2D eigenvalue weighted by Crippen LogP contribution is 2.22. The molecule has 1 rings (SSSR count). The van der Waals surface area contributed by atoms with E-state index in [0.29, 0.717) is 11.8 Å². The van der Waals surface area contributed by atoms with E-state index in [-0.39, 0.29) is 0 Å². The summed E-state index contributed by atoms with van der Waals surface area (Å²) in [4.78, 5) is 13.5. The maximum Gasteiger partial charge on any atom is 0.105 e. The summed E-state index contributed by atoms with van der Waals surface area (Å²) in [5.74, 6) is 1.67. The SMILES string of the molecule is CC(C)C.CCC(C)c1nc(C(C)C)cnc1C(C)=NC. The van der Waals surface area contributed by atoms with E-state index >= 15 is 0 Å². The summed E-state index contributed by atoms with van der Waals surface area (Å²) >= 11 is 0. The lowest BCUT2D eigenvalue weighted by Gasteiger charge is -2.15. The van der Waals surface area contributed by atoms with Crippen LogP contribution in [0.15, 0.2) is 11.2 Å². The van der Waals surface area contributed by atoms with Crippen molar-refractivity contribution in [3.05, 3.63) is 23.3 Å². The molecule has 0 fully saturated rings. The van der Waals surface area contributed by atoms with E-state index in [2.05, 4.69) is 58.4 Å². The predicted octanol–water partition coefficient (Wildman–Crippen LogP) is 5.21. The standard InChI is InChI=1S/C14H23N3.C4H10/c1-7-10(4)13-14(11(5)15-6)16-8-12(17-13)9(2)3;1-4(2)3/h8-10H,7H2,1-6H3;4H,1-3H3. The molecule has 1 heterocycles. The lowest BCUT2D eigenvalue weighted by atomic mass is 9.99. The highest BCUT2D eigenvalue weighted by Gasteiger charge is 2.16. The molecule has 0 bridgehead atoms. The number of hydrogen-bond acceptors (Lipinski definition) is 3. The third kappa shape index (κ3) is 6.83. The van der Waals surface area contributed by atoms with Crippen molar-refractivity contribution in [1.82, 2.24) is 9.97 Å². The van der Waals surface area contributed by atoms with Crippen LogP contribution < -0.4 is 0 Å². The van der Waals surface area contributed by atoms with E-state index < -0.39 is 0 Å². The average Bonchev–Trinajstić information content (AvgIpc) is 2.44. The summed E-state index contributed by atoms with van der Waals surface area (Å²) in [6.07, 6.45) is 2.95. The minimum absolute atomic E-state index is 0.415. The second kappa shape index (κ2) is 9.64. The lowest BCUT2D eigenvalue weighted by molar-refractivity contribution is 0.681. The zero-order valence-electron chi connectivity index (χ0n) is 15.4. The van der Waals surface area contributed by atoms with Crippen molar-refractivity contribution in [3.63, 3.8) is 0 Å². The molecule has 0 N–H and O–H groups in total. The smallest absolute Gasteiger partial charge is 0.105 e. The maximum atomic E-state index is 4.77. The molecule has 1 atom stereocenters. The van der Waals surface area contributed by atoms with Gasteiger partial charge in [0.15, 0.2) is 0 Å². The van der Waals surface area contributed by atoms with Crippen molar-refractivity contribution in [1.29, 1.82) is 0 Å². The van der Waals surface area contributed by atoms with Crippen molar-refractivity contribution in [2.75, 3.05) is 7.05 Å². The number of aromatic nitrogens is 2. The number of hydrogen-bond donors (Lipinski definition) is 0. The Morgan fingerprint density at radius 3 is 2.05 bits per heavy atom. The van der Waals surface area contributed by atoms with Gasteiger partial charge in [-0.1, -0.05) is 48.5 Å². The Labute approximate surface area is 131 Å². The summed E-state index contributed by atoms with van der Waals surface area (Å²) in [5, 5.41) is 0. The molecular formula is C18H33N3. The molecule has 21 heavy (non-hydrogen) atoms. The van der Waals surface area contributed by atoms with Gasteiger partial charge in [0, 0.05) is 19.2 Å². The Kier molecular flexibility index (Phi) is 9.07. The molecule has 1 aromatic rings. The molecular weight excluding hydrogens is 258 g/mol. The molecule has 0 aliphatic heterocycles. The second-order valence-electron chi connectivity index (χ2n) is 6.53. The summed E-state index contributed by atoms with van der Waals surface area (Å²) in [6, 6.07) is 0. The fourth-order valence-electron chi connectivity index (χ4n) is 1.62. The van der Waals surface area contributed by atoms with Gasteiger partial charge in [0.2, 0.25) is 0 Å². The van der Waals surface area contributed by atoms with Gasteiger partial charge in [-0.2, -0.15) is 0 Å². The Bertz CT molecular complexity index is 445. The van der Waals surface area contributed by atoms with Crippen LogP contribution in [-0.4, -0.2) is 22.7 Å². The average molecular weight is 291 g/mol. The predicted molar refractivity (Wildman–Crippen MR) is 93.5 cm³/mol. The summed E-state index contributed by atoms with van der Waals surface area (Å²) in [5.41, 5.74) is 4.06. The van der Waals surface area contributed by atoms with Crippen molar-refractivity contribution in [2.45, 2.75) is 73.6 Å². The van der Waals surface area contributed by atoms with E-state index in [0.717, 1.165) is 35.1 Å². The van der Waals surface area contributed by atoms with Gasteiger partial charge in [-0.25, -0.2) is 0 Å². The van der Waals surface area contributed by atoms with Crippen LogP contribution in [0, 0.1) is 5.92 Å². The Morgan fingerprint density at radius 1 is 1.14 bits per heavy atom. The van der Waals surface area contributed by atoms with E-state index in [1.165, 1.54) is 0 Å². The maximum absolute atomic E-state index is 4.77. The summed E-state index contributed by atoms with van der Waals surface area (Å²) < 4.78 is 0. The van der Waals surface area contributed by atoms with E-state index in [1.54, 1.807) is 7.05 Å². The first-order valence-electron chi connectivity index (χ1n) is 8.05. The van der Waals surface area contributed by atoms with Crippen molar-refractivity contribution in [2.24, 2.45) is 10.9 Å². The van der Waals surface area contributed by atoms with Crippen LogP contribution in [-0.2, 0) is 0 Å². The normalized spacial score (nSPS) is 13.2.